The van der Waals surface area contributed by atoms with Gasteiger partial charge in [-0.25, -0.2) is 4.79 Å². The number of thioether (sulfide) groups is 1. The first-order valence-electron chi connectivity index (χ1n) is 7.36. The van der Waals surface area contributed by atoms with Crippen molar-refractivity contribution in [3.63, 3.8) is 0 Å². The monoisotopic (exact) mass is 316 g/mol. The molecule has 120 valence electrons. The third-order valence-electron chi connectivity index (χ3n) is 3.40. The van der Waals surface area contributed by atoms with Crippen LogP contribution >= 0.6 is 11.8 Å². The summed E-state index contributed by atoms with van der Waals surface area (Å²) in [5, 5.41) is 14.3. The number of carbonyl (C=O) groups excluding carboxylic acids is 2. The summed E-state index contributed by atoms with van der Waals surface area (Å²) in [6.45, 7) is 1.29. The van der Waals surface area contributed by atoms with Crippen LogP contribution in [-0.4, -0.2) is 46.5 Å². The Morgan fingerprint density at radius 3 is 2.48 bits per heavy atom. The normalized spacial score (nSPS) is 17.0. The molecule has 0 aromatic carbocycles. The van der Waals surface area contributed by atoms with E-state index in [-0.39, 0.29) is 17.6 Å². The number of aliphatic carboxylic acids is 1. The molecule has 1 saturated carbocycles. The van der Waals surface area contributed by atoms with Gasteiger partial charge in [0.1, 0.15) is 6.04 Å². The molecule has 0 aromatic heterocycles. The molecule has 0 saturated heterocycles. The van der Waals surface area contributed by atoms with Gasteiger partial charge in [0.05, 0.1) is 0 Å². The molecule has 0 heterocycles. The van der Waals surface area contributed by atoms with Crippen LogP contribution in [0.4, 0.5) is 0 Å². The smallest absolute Gasteiger partial charge is 0.327 e. The van der Waals surface area contributed by atoms with Crippen molar-refractivity contribution in [1.29, 1.82) is 0 Å². The molecule has 7 heteroatoms. The number of rotatable bonds is 8. The first-order chi connectivity index (χ1) is 9.99. The molecule has 1 atom stereocenters. The topological polar surface area (TPSA) is 95.5 Å². The number of carbonyl (C=O) groups is 3. The van der Waals surface area contributed by atoms with Crippen molar-refractivity contribution in [2.75, 3.05) is 11.5 Å². The lowest BCUT2D eigenvalue weighted by Crippen LogP contribution is -2.41. The molecule has 1 unspecified atom stereocenters. The average molecular weight is 316 g/mol. The lowest BCUT2D eigenvalue weighted by atomic mass is 9.95. The summed E-state index contributed by atoms with van der Waals surface area (Å²) >= 11 is 1.37. The Balaban J connectivity index is 2.15. The van der Waals surface area contributed by atoms with Crippen molar-refractivity contribution in [2.45, 2.75) is 57.5 Å². The maximum Gasteiger partial charge on any atom is 0.327 e. The largest absolute Gasteiger partial charge is 0.480 e. The van der Waals surface area contributed by atoms with Gasteiger partial charge in [0.25, 0.3) is 0 Å². The number of hydrogen-bond acceptors (Lipinski definition) is 4. The van der Waals surface area contributed by atoms with E-state index in [1.807, 2.05) is 0 Å². The molecule has 1 fully saturated rings. The van der Waals surface area contributed by atoms with Crippen LogP contribution in [0.25, 0.3) is 0 Å². The van der Waals surface area contributed by atoms with Gasteiger partial charge in [0, 0.05) is 30.9 Å². The number of carboxylic acids is 1. The Bertz CT molecular complexity index is 370. The first-order valence-corrected chi connectivity index (χ1v) is 8.51. The summed E-state index contributed by atoms with van der Waals surface area (Å²) in [7, 11) is 0. The number of nitrogens with one attached hydrogen (secondary N) is 2. The van der Waals surface area contributed by atoms with Gasteiger partial charge in [0.2, 0.25) is 11.8 Å². The second kappa shape index (κ2) is 9.65. The molecule has 3 N–H and O–H groups in total. The van der Waals surface area contributed by atoms with E-state index in [2.05, 4.69) is 10.6 Å². The molecule has 6 nitrogen and oxygen atoms in total. The quantitative estimate of drug-likeness (QED) is 0.584. The predicted molar refractivity (Wildman–Crippen MR) is 82.2 cm³/mol. The highest BCUT2D eigenvalue weighted by Crippen LogP contribution is 2.17. The molecule has 0 aliphatic heterocycles. The van der Waals surface area contributed by atoms with Crippen LogP contribution in [-0.2, 0) is 14.4 Å². The summed E-state index contributed by atoms with van der Waals surface area (Å²) in [5.41, 5.74) is 0. The minimum Gasteiger partial charge on any atom is -0.480 e. The van der Waals surface area contributed by atoms with Crippen LogP contribution in [0.5, 0.6) is 0 Å². The van der Waals surface area contributed by atoms with Crippen LogP contribution in [0.15, 0.2) is 0 Å². The van der Waals surface area contributed by atoms with Crippen molar-refractivity contribution in [3.05, 3.63) is 0 Å². The molecule has 0 spiro atoms. The van der Waals surface area contributed by atoms with E-state index in [4.69, 9.17) is 5.11 Å². The molecule has 0 aromatic rings. The maximum atomic E-state index is 11.8. The van der Waals surface area contributed by atoms with Gasteiger partial charge in [0.15, 0.2) is 0 Å². The first kappa shape index (κ1) is 17.8. The van der Waals surface area contributed by atoms with E-state index < -0.39 is 12.0 Å². The Hall–Kier alpha value is -1.24. The predicted octanol–water partition coefficient (Wildman–Crippen LogP) is 1.15. The number of amides is 2. The van der Waals surface area contributed by atoms with E-state index in [0.717, 1.165) is 12.8 Å². The fourth-order valence-corrected chi connectivity index (χ4v) is 3.29. The van der Waals surface area contributed by atoms with Crippen LogP contribution in [0, 0.1) is 0 Å². The zero-order valence-corrected chi connectivity index (χ0v) is 13.2. The van der Waals surface area contributed by atoms with Crippen LogP contribution in [0.2, 0.25) is 0 Å². The van der Waals surface area contributed by atoms with E-state index in [0.29, 0.717) is 18.2 Å². The SMILES string of the molecule is CC(=O)NC(CSCCC(=O)NC1CCCCC1)C(=O)O. The molecular weight excluding hydrogens is 292 g/mol. The summed E-state index contributed by atoms with van der Waals surface area (Å²) < 4.78 is 0. The minimum absolute atomic E-state index is 0.0285. The van der Waals surface area contributed by atoms with Crippen molar-refractivity contribution in [1.82, 2.24) is 10.6 Å². The third-order valence-corrected chi connectivity index (χ3v) is 4.47. The lowest BCUT2D eigenvalue weighted by Gasteiger charge is -2.22. The summed E-state index contributed by atoms with van der Waals surface area (Å²) in [6.07, 6.45) is 6.11. The van der Waals surface area contributed by atoms with Crippen LogP contribution < -0.4 is 10.6 Å². The van der Waals surface area contributed by atoms with Gasteiger partial charge >= 0.3 is 5.97 Å². The highest BCUT2D eigenvalue weighted by Gasteiger charge is 2.19. The fourth-order valence-electron chi connectivity index (χ4n) is 2.33. The molecule has 0 radical (unpaired) electrons. The van der Waals surface area contributed by atoms with Gasteiger partial charge in [-0.3, -0.25) is 9.59 Å². The Labute approximate surface area is 129 Å². The minimum atomic E-state index is -1.05. The summed E-state index contributed by atoms with van der Waals surface area (Å²) in [5.74, 6) is -0.559. The number of carboxylic acid groups (broad SMARTS) is 1. The number of hydrogen-bond donors (Lipinski definition) is 3. The summed E-state index contributed by atoms with van der Waals surface area (Å²) in [4.78, 5) is 33.5. The Morgan fingerprint density at radius 2 is 1.90 bits per heavy atom. The van der Waals surface area contributed by atoms with Gasteiger partial charge in [-0.1, -0.05) is 19.3 Å². The second-order valence-corrected chi connectivity index (χ2v) is 6.47. The molecule has 1 aliphatic carbocycles. The standard InChI is InChI=1S/C14H24N2O4S/c1-10(17)15-12(14(19)20)9-21-8-7-13(18)16-11-5-3-2-4-6-11/h11-12H,2-9H2,1H3,(H,15,17)(H,16,18)(H,19,20). The maximum absolute atomic E-state index is 11.8. The molecule has 21 heavy (non-hydrogen) atoms. The highest BCUT2D eigenvalue weighted by molar-refractivity contribution is 7.99. The fraction of sp³-hybridized carbons (Fsp3) is 0.786. The Kier molecular flexibility index (Phi) is 8.19. The van der Waals surface area contributed by atoms with Gasteiger partial charge in [-0.15, -0.1) is 0 Å². The van der Waals surface area contributed by atoms with Crippen molar-refractivity contribution in [3.8, 4) is 0 Å². The second-order valence-electron chi connectivity index (χ2n) is 5.32. The third kappa shape index (κ3) is 7.94. The van der Waals surface area contributed by atoms with Crippen molar-refractivity contribution >= 4 is 29.5 Å². The average Bonchev–Trinajstić information content (AvgIpc) is 2.42. The van der Waals surface area contributed by atoms with Crippen LogP contribution in [0.3, 0.4) is 0 Å². The highest BCUT2D eigenvalue weighted by atomic mass is 32.2. The van der Waals surface area contributed by atoms with Crippen molar-refractivity contribution in [2.24, 2.45) is 0 Å². The molecule has 2 amide bonds. The Morgan fingerprint density at radius 1 is 1.24 bits per heavy atom. The van der Waals surface area contributed by atoms with E-state index >= 15 is 0 Å². The van der Waals surface area contributed by atoms with Crippen molar-refractivity contribution < 1.29 is 19.5 Å². The molecule has 1 rings (SSSR count). The zero-order chi connectivity index (χ0) is 15.7. The summed E-state index contributed by atoms with van der Waals surface area (Å²) in [6, 6.07) is -0.587. The van der Waals surface area contributed by atoms with Gasteiger partial charge < -0.3 is 15.7 Å². The van der Waals surface area contributed by atoms with E-state index in [1.165, 1.54) is 37.9 Å². The van der Waals surface area contributed by atoms with E-state index in [1.54, 1.807) is 0 Å². The molecular formula is C14H24N2O4S. The van der Waals surface area contributed by atoms with Gasteiger partial charge in [-0.2, -0.15) is 11.8 Å². The zero-order valence-electron chi connectivity index (χ0n) is 12.4. The van der Waals surface area contributed by atoms with Gasteiger partial charge in [-0.05, 0) is 12.8 Å². The van der Waals surface area contributed by atoms with E-state index in [9.17, 15) is 14.4 Å². The molecule has 0 bridgehead atoms. The lowest BCUT2D eigenvalue weighted by molar-refractivity contribution is -0.140. The molecule has 1 aliphatic rings. The van der Waals surface area contributed by atoms with Crippen LogP contribution in [0.1, 0.15) is 45.4 Å².